The summed E-state index contributed by atoms with van der Waals surface area (Å²) in [4.78, 5) is 13.4. The highest BCUT2D eigenvalue weighted by molar-refractivity contribution is 5.80. The van der Waals surface area contributed by atoms with E-state index in [0.29, 0.717) is 13.0 Å². The van der Waals surface area contributed by atoms with Gasteiger partial charge in [0, 0.05) is 6.42 Å². The summed E-state index contributed by atoms with van der Waals surface area (Å²) < 4.78 is 5.07. The van der Waals surface area contributed by atoms with Crippen LogP contribution in [-0.4, -0.2) is 38.4 Å². The SMILES string of the molecule is COc1ccc(CCC(=O)CN(C)C)cc1. The van der Waals surface area contributed by atoms with Gasteiger partial charge in [0.05, 0.1) is 13.7 Å². The summed E-state index contributed by atoms with van der Waals surface area (Å²) >= 11 is 0. The van der Waals surface area contributed by atoms with Gasteiger partial charge in [-0.1, -0.05) is 12.1 Å². The first kappa shape index (κ1) is 12.7. The summed E-state index contributed by atoms with van der Waals surface area (Å²) in [6, 6.07) is 7.85. The lowest BCUT2D eigenvalue weighted by atomic mass is 10.1. The number of aryl methyl sites for hydroxylation is 1. The van der Waals surface area contributed by atoms with Gasteiger partial charge in [-0.15, -0.1) is 0 Å². The fourth-order valence-electron chi connectivity index (χ4n) is 1.51. The standard InChI is InChI=1S/C13H19NO2/c1-14(2)10-12(15)7-4-11-5-8-13(16-3)9-6-11/h5-6,8-9H,4,7,10H2,1-3H3. The molecule has 0 saturated carbocycles. The first-order valence-corrected chi connectivity index (χ1v) is 5.41. The Kier molecular flexibility index (Phi) is 4.99. The molecule has 0 atom stereocenters. The number of ether oxygens (including phenoxy) is 1. The molecular weight excluding hydrogens is 202 g/mol. The molecule has 0 heterocycles. The molecule has 0 amide bonds. The predicted octanol–water partition coefficient (Wildman–Crippen LogP) is 1.76. The molecule has 0 aliphatic heterocycles. The van der Waals surface area contributed by atoms with E-state index in [2.05, 4.69) is 0 Å². The Hall–Kier alpha value is -1.35. The van der Waals surface area contributed by atoms with Gasteiger partial charge in [-0.25, -0.2) is 0 Å². The quantitative estimate of drug-likeness (QED) is 0.733. The Morgan fingerprint density at radius 1 is 1.25 bits per heavy atom. The number of likely N-dealkylation sites (N-methyl/N-ethyl adjacent to an activating group) is 1. The van der Waals surface area contributed by atoms with E-state index >= 15 is 0 Å². The Morgan fingerprint density at radius 3 is 2.38 bits per heavy atom. The molecule has 1 aromatic carbocycles. The van der Waals surface area contributed by atoms with Crippen molar-refractivity contribution < 1.29 is 9.53 Å². The predicted molar refractivity (Wildman–Crippen MR) is 64.9 cm³/mol. The van der Waals surface area contributed by atoms with Crippen LogP contribution in [0.4, 0.5) is 0 Å². The molecule has 0 aliphatic carbocycles. The van der Waals surface area contributed by atoms with E-state index in [-0.39, 0.29) is 5.78 Å². The molecule has 0 radical (unpaired) electrons. The van der Waals surface area contributed by atoms with Crippen molar-refractivity contribution in [3.05, 3.63) is 29.8 Å². The third-order valence-electron chi connectivity index (χ3n) is 2.34. The van der Waals surface area contributed by atoms with Crippen molar-refractivity contribution in [2.24, 2.45) is 0 Å². The number of methoxy groups -OCH3 is 1. The van der Waals surface area contributed by atoms with Crippen LogP contribution in [0.3, 0.4) is 0 Å². The van der Waals surface area contributed by atoms with E-state index in [4.69, 9.17) is 4.74 Å². The van der Waals surface area contributed by atoms with Crippen LogP contribution in [0, 0.1) is 0 Å². The number of nitrogens with zero attached hydrogens (tertiary/aromatic N) is 1. The number of carbonyl (C=O) groups is 1. The zero-order valence-electron chi connectivity index (χ0n) is 10.2. The fraction of sp³-hybridized carbons (Fsp3) is 0.462. The smallest absolute Gasteiger partial charge is 0.147 e. The number of ketones is 1. The van der Waals surface area contributed by atoms with E-state index in [1.165, 1.54) is 5.56 Å². The lowest BCUT2D eigenvalue weighted by molar-refractivity contribution is -0.119. The van der Waals surface area contributed by atoms with Crippen LogP contribution in [0.2, 0.25) is 0 Å². The van der Waals surface area contributed by atoms with Crippen molar-refractivity contribution >= 4 is 5.78 Å². The van der Waals surface area contributed by atoms with Crippen LogP contribution in [-0.2, 0) is 11.2 Å². The van der Waals surface area contributed by atoms with Gasteiger partial charge in [0.25, 0.3) is 0 Å². The number of rotatable bonds is 6. The maximum Gasteiger partial charge on any atom is 0.147 e. The van der Waals surface area contributed by atoms with Gasteiger partial charge in [-0.3, -0.25) is 4.79 Å². The second kappa shape index (κ2) is 6.28. The number of carbonyl (C=O) groups excluding carboxylic acids is 1. The monoisotopic (exact) mass is 221 g/mol. The lowest BCUT2D eigenvalue weighted by Crippen LogP contribution is -2.21. The van der Waals surface area contributed by atoms with Crippen molar-refractivity contribution in [2.45, 2.75) is 12.8 Å². The van der Waals surface area contributed by atoms with Crippen LogP contribution >= 0.6 is 0 Å². The Balaban J connectivity index is 2.39. The second-order valence-corrected chi connectivity index (χ2v) is 4.12. The second-order valence-electron chi connectivity index (χ2n) is 4.12. The van der Waals surface area contributed by atoms with Gasteiger partial charge < -0.3 is 9.64 Å². The number of hydrogen-bond donors (Lipinski definition) is 0. The van der Waals surface area contributed by atoms with Crippen LogP contribution in [0.15, 0.2) is 24.3 Å². The summed E-state index contributed by atoms with van der Waals surface area (Å²) in [6.45, 7) is 0.524. The third kappa shape index (κ3) is 4.45. The topological polar surface area (TPSA) is 29.5 Å². The third-order valence-corrected chi connectivity index (χ3v) is 2.34. The van der Waals surface area contributed by atoms with Gasteiger partial charge >= 0.3 is 0 Å². The molecule has 0 aliphatic rings. The summed E-state index contributed by atoms with van der Waals surface area (Å²) in [5.41, 5.74) is 1.17. The molecule has 3 heteroatoms. The van der Waals surface area contributed by atoms with Gasteiger partial charge in [-0.05, 0) is 38.2 Å². The molecule has 0 unspecified atom stereocenters. The van der Waals surface area contributed by atoms with E-state index in [9.17, 15) is 4.79 Å². The summed E-state index contributed by atoms with van der Waals surface area (Å²) in [5, 5.41) is 0. The number of hydrogen-bond acceptors (Lipinski definition) is 3. The summed E-state index contributed by atoms with van der Waals surface area (Å²) in [7, 11) is 5.46. The summed E-state index contributed by atoms with van der Waals surface area (Å²) in [6.07, 6.45) is 1.40. The van der Waals surface area contributed by atoms with Gasteiger partial charge in [0.1, 0.15) is 11.5 Å². The highest BCUT2D eigenvalue weighted by Crippen LogP contribution is 2.12. The Morgan fingerprint density at radius 2 is 1.88 bits per heavy atom. The molecule has 0 saturated heterocycles. The Labute approximate surface area is 97.0 Å². The van der Waals surface area contributed by atoms with Crippen molar-refractivity contribution in [3.8, 4) is 5.75 Å². The van der Waals surface area contributed by atoms with Crippen molar-refractivity contribution in [1.82, 2.24) is 4.90 Å². The van der Waals surface area contributed by atoms with Crippen molar-refractivity contribution in [2.75, 3.05) is 27.7 Å². The molecule has 0 fully saturated rings. The fourth-order valence-corrected chi connectivity index (χ4v) is 1.51. The zero-order chi connectivity index (χ0) is 12.0. The lowest BCUT2D eigenvalue weighted by Gasteiger charge is -2.08. The number of benzene rings is 1. The molecule has 0 aromatic heterocycles. The molecule has 0 bridgehead atoms. The average molecular weight is 221 g/mol. The van der Waals surface area contributed by atoms with Crippen molar-refractivity contribution in [3.63, 3.8) is 0 Å². The maximum absolute atomic E-state index is 11.5. The van der Waals surface area contributed by atoms with E-state index in [1.54, 1.807) is 7.11 Å². The normalized spacial score (nSPS) is 10.5. The molecule has 16 heavy (non-hydrogen) atoms. The van der Waals surface area contributed by atoms with Gasteiger partial charge in [0.15, 0.2) is 0 Å². The van der Waals surface area contributed by atoms with Crippen LogP contribution in [0.1, 0.15) is 12.0 Å². The molecule has 88 valence electrons. The van der Waals surface area contributed by atoms with Gasteiger partial charge in [0.2, 0.25) is 0 Å². The minimum absolute atomic E-state index is 0.279. The summed E-state index contributed by atoms with van der Waals surface area (Å²) in [5.74, 6) is 1.13. The van der Waals surface area contributed by atoms with Gasteiger partial charge in [-0.2, -0.15) is 0 Å². The number of Topliss-reactive ketones (excluding diaryl/α,β-unsaturated/α-hetero) is 1. The van der Waals surface area contributed by atoms with E-state index in [0.717, 1.165) is 12.2 Å². The Bertz CT molecular complexity index is 330. The minimum atomic E-state index is 0.279. The van der Waals surface area contributed by atoms with Crippen LogP contribution < -0.4 is 4.74 Å². The van der Waals surface area contributed by atoms with Crippen molar-refractivity contribution in [1.29, 1.82) is 0 Å². The van der Waals surface area contributed by atoms with E-state index < -0.39 is 0 Å². The average Bonchev–Trinajstić information content (AvgIpc) is 2.26. The molecule has 0 spiro atoms. The molecule has 3 nitrogen and oxygen atoms in total. The maximum atomic E-state index is 11.5. The molecule has 0 N–H and O–H groups in total. The largest absolute Gasteiger partial charge is 0.497 e. The van der Waals surface area contributed by atoms with E-state index in [1.807, 2.05) is 43.3 Å². The highest BCUT2D eigenvalue weighted by Gasteiger charge is 2.04. The van der Waals surface area contributed by atoms with Crippen LogP contribution in [0.5, 0.6) is 5.75 Å². The first-order valence-electron chi connectivity index (χ1n) is 5.41. The molecule has 1 aromatic rings. The molecular formula is C13H19NO2. The minimum Gasteiger partial charge on any atom is -0.497 e. The molecule has 1 rings (SSSR count). The zero-order valence-corrected chi connectivity index (χ0v) is 10.2. The first-order chi connectivity index (χ1) is 7.61. The van der Waals surface area contributed by atoms with Crippen LogP contribution in [0.25, 0.3) is 0 Å². The highest BCUT2D eigenvalue weighted by atomic mass is 16.5.